The fraction of sp³-hybridized carbons (Fsp3) is 0.222. The van der Waals surface area contributed by atoms with Crippen LogP contribution in [0.2, 0.25) is 0 Å². The molecule has 0 fully saturated rings. The molecule has 4 heteroatoms. The number of carbonyl (C=O) groups is 1. The molecular weight excluding hydrogens is 276 g/mol. The number of rotatable bonds is 3. The van der Waals surface area contributed by atoms with Crippen LogP contribution in [0.15, 0.2) is 53.6 Å². The maximum Gasteiger partial charge on any atom is 0.352 e. The standard InChI is InChI=1S/C18H18N2O2/c1-12-8-9-13(2)16(10-12)20-17(11-15(19-20)18(21)22)14-6-4-3-5-7-14/h3-10,17H,11H2,1-2H3,(H,21,22)/t17-/m1/s1. The van der Waals surface area contributed by atoms with Crippen LogP contribution in [0, 0.1) is 13.8 Å². The van der Waals surface area contributed by atoms with Crippen LogP contribution in [0.5, 0.6) is 0 Å². The number of anilines is 1. The lowest BCUT2D eigenvalue weighted by molar-refractivity contribution is -0.129. The average molecular weight is 294 g/mol. The SMILES string of the molecule is Cc1ccc(C)c(N2N=C(C(=O)O)C[C@@H]2c2ccccc2)c1. The Morgan fingerprint density at radius 3 is 2.59 bits per heavy atom. The number of carboxylic acids is 1. The second-order valence-electron chi connectivity index (χ2n) is 5.62. The summed E-state index contributed by atoms with van der Waals surface area (Å²) < 4.78 is 0. The van der Waals surface area contributed by atoms with Gasteiger partial charge in [0.1, 0.15) is 5.71 Å². The van der Waals surface area contributed by atoms with Gasteiger partial charge in [0.2, 0.25) is 0 Å². The monoisotopic (exact) mass is 294 g/mol. The van der Waals surface area contributed by atoms with Gasteiger partial charge in [-0.05, 0) is 36.6 Å². The minimum Gasteiger partial charge on any atom is -0.477 e. The summed E-state index contributed by atoms with van der Waals surface area (Å²) in [7, 11) is 0. The lowest BCUT2D eigenvalue weighted by Gasteiger charge is -2.25. The fourth-order valence-electron chi connectivity index (χ4n) is 2.76. The Morgan fingerprint density at radius 2 is 1.91 bits per heavy atom. The number of hydrogen-bond acceptors (Lipinski definition) is 3. The molecule has 0 bridgehead atoms. The Bertz CT molecular complexity index is 738. The van der Waals surface area contributed by atoms with Gasteiger partial charge in [-0.3, -0.25) is 5.01 Å². The third-order valence-electron chi connectivity index (χ3n) is 3.95. The third kappa shape index (κ3) is 2.60. The minimum atomic E-state index is -0.950. The van der Waals surface area contributed by atoms with Crippen LogP contribution in [-0.2, 0) is 4.79 Å². The van der Waals surface area contributed by atoms with Crippen LogP contribution in [-0.4, -0.2) is 16.8 Å². The molecule has 0 aromatic heterocycles. The summed E-state index contributed by atoms with van der Waals surface area (Å²) in [5, 5.41) is 15.5. The summed E-state index contributed by atoms with van der Waals surface area (Å²) in [6, 6.07) is 16.0. The first kappa shape index (κ1) is 14.3. The number of aliphatic carboxylic acids is 1. The van der Waals surface area contributed by atoms with Crippen molar-refractivity contribution in [3.05, 3.63) is 65.2 Å². The van der Waals surface area contributed by atoms with Crippen LogP contribution in [0.3, 0.4) is 0 Å². The van der Waals surface area contributed by atoms with E-state index in [2.05, 4.69) is 11.2 Å². The largest absolute Gasteiger partial charge is 0.477 e. The molecule has 0 spiro atoms. The summed E-state index contributed by atoms with van der Waals surface area (Å²) in [6.45, 7) is 4.05. The summed E-state index contributed by atoms with van der Waals surface area (Å²) in [6.07, 6.45) is 0.409. The van der Waals surface area contributed by atoms with Crippen molar-refractivity contribution < 1.29 is 9.90 Å². The lowest BCUT2D eigenvalue weighted by atomic mass is 10.0. The van der Waals surface area contributed by atoms with E-state index in [9.17, 15) is 9.90 Å². The minimum absolute atomic E-state index is 0.0761. The molecule has 0 unspecified atom stereocenters. The molecule has 0 amide bonds. The highest BCUT2D eigenvalue weighted by molar-refractivity contribution is 6.36. The molecular formula is C18H18N2O2. The summed E-state index contributed by atoms with van der Waals surface area (Å²) in [4.78, 5) is 11.3. The van der Waals surface area contributed by atoms with Gasteiger partial charge < -0.3 is 5.11 Å². The highest BCUT2D eigenvalue weighted by Crippen LogP contribution is 2.37. The molecule has 1 atom stereocenters. The van der Waals surface area contributed by atoms with E-state index in [0.717, 1.165) is 22.4 Å². The highest BCUT2D eigenvalue weighted by Gasteiger charge is 2.32. The first-order chi connectivity index (χ1) is 10.6. The smallest absolute Gasteiger partial charge is 0.352 e. The molecule has 4 nitrogen and oxygen atoms in total. The van der Waals surface area contributed by atoms with Gasteiger partial charge in [0.25, 0.3) is 0 Å². The molecule has 0 saturated heterocycles. The first-order valence-electron chi connectivity index (χ1n) is 7.28. The summed E-state index contributed by atoms with van der Waals surface area (Å²) in [5.41, 5.74) is 4.46. The van der Waals surface area contributed by atoms with Crippen molar-refractivity contribution >= 4 is 17.4 Å². The van der Waals surface area contributed by atoms with Crippen molar-refractivity contribution in [3.8, 4) is 0 Å². The van der Waals surface area contributed by atoms with E-state index in [1.807, 2.05) is 61.3 Å². The zero-order chi connectivity index (χ0) is 15.7. The van der Waals surface area contributed by atoms with E-state index >= 15 is 0 Å². The number of nitrogens with zero attached hydrogens (tertiary/aromatic N) is 2. The Balaban J connectivity index is 2.07. The van der Waals surface area contributed by atoms with Crippen LogP contribution in [0.1, 0.15) is 29.2 Å². The van der Waals surface area contributed by atoms with Crippen LogP contribution >= 0.6 is 0 Å². The van der Waals surface area contributed by atoms with Crippen molar-refractivity contribution in [2.45, 2.75) is 26.3 Å². The molecule has 22 heavy (non-hydrogen) atoms. The van der Waals surface area contributed by atoms with Crippen molar-refractivity contribution in [1.29, 1.82) is 0 Å². The molecule has 2 aromatic rings. The fourth-order valence-corrected chi connectivity index (χ4v) is 2.76. The number of hydrazone groups is 1. The van der Waals surface area contributed by atoms with Gasteiger partial charge in [-0.25, -0.2) is 4.79 Å². The molecule has 0 radical (unpaired) electrons. The zero-order valence-corrected chi connectivity index (χ0v) is 12.7. The van der Waals surface area contributed by atoms with Gasteiger partial charge in [0.05, 0.1) is 11.7 Å². The predicted molar refractivity (Wildman–Crippen MR) is 87.3 cm³/mol. The normalized spacial score (nSPS) is 17.5. The first-order valence-corrected chi connectivity index (χ1v) is 7.28. The van der Waals surface area contributed by atoms with Gasteiger partial charge in [-0.15, -0.1) is 0 Å². The van der Waals surface area contributed by atoms with Crippen molar-refractivity contribution in [2.75, 3.05) is 5.01 Å². The van der Waals surface area contributed by atoms with E-state index in [-0.39, 0.29) is 11.8 Å². The van der Waals surface area contributed by atoms with Gasteiger partial charge in [0.15, 0.2) is 0 Å². The van der Waals surface area contributed by atoms with E-state index in [1.165, 1.54) is 0 Å². The van der Waals surface area contributed by atoms with E-state index in [0.29, 0.717) is 6.42 Å². The van der Waals surface area contributed by atoms with Gasteiger partial charge >= 0.3 is 5.97 Å². The molecule has 112 valence electrons. The number of benzene rings is 2. The van der Waals surface area contributed by atoms with Crippen molar-refractivity contribution in [3.63, 3.8) is 0 Å². The topological polar surface area (TPSA) is 52.9 Å². The van der Waals surface area contributed by atoms with Crippen molar-refractivity contribution in [2.24, 2.45) is 5.10 Å². The molecule has 1 N–H and O–H groups in total. The number of hydrogen-bond donors (Lipinski definition) is 1. The van der Waals surface area contributed by atoms with Gasteiger partial charge in [-0.1, -0.05) is 42.5 Å². The maximum absolute atomic E-state index is 11.3. The molecule has 0 saturated carbocycles. The molecule has 0 aliphatic carbocycles. The predicted octanol–water partition coefficient (Wildman–Crippen LogP) is 3.70. The third-order valence-corrected chi connectivity index (χ3v) is 3.95. The van der Waals surface area contributed by atoms with E-state index in [4.69, 9.17) is 0 Å². The Labute approximate surface area is 129 Å². The maximum atomic E-state index is 11.3. The van der Waals surface area contributed by atoms with Crippen LogP contribution < -0.4 is 5.01 Å². The summed E-state index contributed by atoms with van der Waals surface area (Å²) in [5.74, 6) is -0.950. The number of carboxylic acid groups (broad SMARTS) is 1. The van der Waals surface area contributed by atoms with E-state index < -0.39 is 5.97 Å². The number of aryl methyl sites for hydroxylation is 2. The molecule has 1 aliphatic rings. The lowest BCUT2D eigenvalue weighted by Crippen LogP contribution is -2.19. The molecule has 1 heterocycles. The Kier molecular flexibility index (Phi) is 3.67. The van der Waals surface area contributed by atoms with Gasteiger partial charge in [0, 0.05) is 6.42 Å². The second-order valence-corrected chi connectivity index (χ2v) is 5.62. The average Bonchev–Trinajstić information content (AvgIpc) is 2.96. The zero-order valence-electron chi connectivity index (χ0n) is 12.7. The molecule has 3 rings (SSSR count). The van der Waals surface area contributed by atoms with Crippen LogP contribution in [0.25, 0.3) is 0 Å². The second kappa shape index (κ2) is 5.64. The molecule has 2 aromatic carbocycles. The highest BCUT2D eigenvalue weighted by atomic mass is 16.4. The summed E-state index contributed by atoms with van der Waals surface area (Å²) >= 11 is 0. The Morgan fingerprint density at radius 1 is 1.18 bits per heavy atom. The van der Waals surface area contributed by atoms with Crippen LogP contribution in [0.4, 0.5) is 5.69 Å². The quantitative estimate of drug-likeness (QED) is 0.939. The van der Waals surface area contributed by atoms with Gasteiger partial charge in [-0.2, -0.15) is 5.10 Å². The van der Waals surface area contributed by atoms with Crippen molar-refractivity contribution in [1.82, 2.24) is 0 Å². The Hall–Kier alpha value is -2.62. The molecule has 1 aliphatic heterocycles. The van der Waals surface area contributed by atoms with E-state index in [1.54, 1.807) is 0 Å².